The first-order chi connectivity index (χ1) is 8.53. The highest BCUT2D eigenvalue weighted by Gasteiger charge is 2.38. The summed E-state index contributed by atoms with van der Waals surface area (Å²) in [5, 5.41) is 7.03. The molecule has 0 amide bonds. The summed E-state index contributed by atoms with van der Waals surface area (Å²) in [5.74, 6) is -0.321. The molecular formula is C11H9N3O3S. The molecule has 0 aliphatic carbocycles. The van der Waals surface area contributed by atoms with Crippen molar-refractivity contribution in [3.63, 3.8) is 0 Å². The Kier molecular flexibility index (Phi) is 2.15. The van der Waals surface area contributed by atoms with Crippen LogP contribution < -0.4 is 4.31 Å². The molecule has 2 aliphatic heterocycles. The lowest BCUT2D eigenvalue weighted by Gasteiger charge is -2.18. The van der Waals surface area contributed by atoms with E-state index >= 15 is 0 Å². The minimum Gasteiger partial charge on any atom is -0.289 e. The monoisotopic (exact) mass is 263 g/mol. The zero-order valence-corrected chi connectivity index (χ0v) is 10.3. The van der Waals surface area contributed by atoms with E-state index in [9.17, 15) is 13.2 Å². The van der Waals surface area contributed by atoms with Crippen molar-refractivity contribution in [2.24, 2.45) is 10.2 Å². The highest BCUT2D eigenvalue weighted by Crippen LogP contribution is 2.35. The summed E-state index contributed by atoms with van der Waals surface area (Å²) in [5.41, 5.74) is 0.875. The fourth-order valence-corrected chi connectivity index (χ4v) is 3.34. The number of anilines is 1. The summed E-state index contributed by atoms with van der Waals surface area (Å²) >= 11 is 0. The SMILES string of the molecule is CN1c2ccccc2C(=O)C2=C(N=NC2)S1(=O)=O. The number of carbonyl (C=O) groups excluding carboxylic acids is 1. The van der Waals surface area contributed by atoms with Gasteiger partial charge in [0.25, 0.3) is 10.0 Å². The molecule has 0 unspecified atom stereocenters. The summed E-state index contributed by atoms with van der Waals surface area (Å²) in [4.78, 5) is 12.3. The van der Waals surface area contributed by atoms with Crippen LogP contribution in [-0.2, 0) is 10.0 Å². The minimum atomic E-state index is -3.79. The molecule has 0 spiro atoms. The average Bonchev–Trinajstić information content (AvgIpc) is 2.84. The van der Waals surface area contributed by atoms with E-state index < -0.39 is 10.0 Å². The fourth-order valence-electron chi connectivity index (χ4n) is 2.04. The molecule has 1 aromatic carbocycles. The van der Waals surface area contributed by atoms with Crippen LogP contribution in [-0.4, -0.2) is 27.8 Å². The van der Waals surface area contributed by atoms with Crippen molar-refractivity contribution in [1.29, 1.82) is 0 Å². The van der Waals surface area contributed by atoms with E-state index in [-0.39, 0.29) is 22.9 Å². The summed E-state index contributed by atoms with van der Waals surface area (Å²) in [6.07, 6.45) is 0. The second kappa shape index (κ2) is 3.49. The van der Waals surface area contributed by atoms with Crippen LogP contribution in [0.2, 0.25) is 0 Å². The van der Waals surface area contributed by atoms with Crippen molar-refractivity contribution in [1.82, 2.24) is 0 Å². The van der Waals surface area contributed by atoms with E-state index in [0.717, 1.165) is 4.31 Å². The van der Waals surface area contributed by atoms with Crippen LogP contribution >= 0.6 is 0 Å². The molecule has 2 aliphatic rings. The number of fused-ring (bicyclic) bond motifs is 1. The van der Waals surface area contributed by atoms with Gasteiger partial charge in [-0.25, -0.2) is 0 Å². The molecule has 2 heterocycles. The molecule has 0 aromatic heterocycles. The van der Waals surface area contributed by atoms with E-state index in [0.29, 0.717) is 11.3 Å². The predicted octanol–water partition coefficient (Wildman–Crippen LogP) is 1.33. The Morgan fingerprint density at radius 2 is 2.00 bits per heavy atom. The molecular weight excluding hydrogens is 254 g/mol. The fraction of sp³-hybridized carbons (Fsp3) is 0.182. The van der Waals surface area contributed by atoms with Crippen molar-refractivity contribution in [2.75, 3.05) is 17.9 Å². The van der Waals surface area contributed by atoms with Crippen LogP contribution in [0.1, 0.15) is 10.4 Å². The van der Waals surface area contributed by atoms with Gasteiger partial charge in [0, 0.05) is 12.6 Å². The Bertz CT molecular complexity index is 719. The number of rotatable bonds is 0. The third-order valence-electron chi connectivity index (χ3n) is 3.02. The van der Waals surface area contributed by atoms with Crippen LogP contribution in [0.4, 0.5) is 5.69 Å². The molecule has 0 saturated heterocycles. The zero-order chi connectivity index (χ0) is 12.9. The molecule has 0 radical (unpaired) electrons. The first-order valence-electron chi connectivity index (χ1n) is 5.27. The van der Waals surface area contributed by atoms with Crippen LogP contribution in [0.3, 0.4) is 0 Å². The second-order valence-electron chi connectivity index (χ2n) is 4.00. The van der Waals surface area contributed by atoms with Crippen molar-refractivity contribution in [3.8, 4) is 0 Å². The van der Waals surface area contributed by atoms with Gasteiger partial charge in [-0.2, -0.15) is 13.5 Å². The minimum absolute atomic E-state index is 0.0234. The van der Waals surface area contributed by atoms with E-state index in [4.69, 9.17) is 0 Å². The standard InChI is InChI=1S/C11H9N3O3S/c1-14-9-5-3-2-4-7(9)10(15)8-6-12-13-11(8)18(14,16)17/h2-5H,6H2,1H3. The lowest BCUT2D eigenvalue weighted by Crippen LogP contribution is -2.26. The number of hydrogen-bond donors (Lipinski definition) is 0. The van der Waals surface area contributed by atoms with Crippen LogP contribution in [0, 0.1) is 0 Å². The number of hydrogen-bond acceptors (Lipinski definition) is 5. The number of azo groups is 1. The van der Waals surface area contributed by atoms with Crippen molar-refractivity contribution in [3.05, 3.63) is 40.4 Å². The molecule has 0 saturated carbocycles. The molecule has 92 valence electrons. The zero-order valence-electron chi connectivity index (χ0n) is 9.49. The maximum absolute atomic E-state index is 12.3. The highest BCUT2D eigenvalue weighted by molar-refractivity contribution is 7.96. The summed E-state index contributed by atoms with van der Waals surface area (Å²) in [7, 11) is -2.38. The lowest BCUT2D eigenvalue weighted by molar-refractivity contribution is 0.103. The van der Waals surface area contributed by atoms with E-state index in [2.05, 4.69) is 10.2 Å². The summed E-state index contributed by atoms with van der Waals surface area (Å²) in [6.45, 7) is 0.0234. The van der Waals surface area contributed by atoms with Gasteiger partial charge in [0.2, 0.25) is 5.03 Å². The third kappa shape index (κ3) is 1.28. The van der Waals surface area contributed by atoms with Gasteiger partial charge in [-0.15, -0.1) is 5.11 Å². The molecule has 0 fully saturated rings. The second-order valence-corrected chi connectivity index (χ2v) is 5.89. The molecule has 7 heteroatoms. The smallest absolute Gasteiger partial charge is 0.283 e. The van der Waals surface area contributed by atoms with E-state index in [1.807, 2.05) is 0 Å². The van der Waals surface area contributed by atoms with Crippen LogP contribution in [0.5, 0.6) is 0 Å². The molecule has 6 nitrogen and oxygen atoms in total. The van der Waals surface area contributed by atoms with E-state index in [1.165, 1.54) is 7.05 Å². The van der Waals surface area contributed by atoms with Crippen molar-refractivity contribution >= 4 is 21.5 Å². The van der Waals surface area contributed by atoms with Crippen LogP contribution in [0.15, 0.2) is 45.1 Å². The Hall–Kier alpha value is -2.02. The van der Waals surface area contributed by atoms with Crippen molar-refractivity contribution in [2.45, 2.75) is 0 Å². The normalized spacial score (nSPS) is 20.7. The highest BCUT2D eigenvalue weighted by atomic mass is 32.2. The Balaban J connectivity index is 2.38. The van der Waals surface area contributed by atoms with Gasteiger partial charge in [-0.1, -0.05) is 12.1 Å². The van der Waals surface area contributed by atoms with Gasteiger partial charge >= 0.3 is 0 Å². The maximum atomic E-state index is 12.3. The van der Waals surface area contributed by atoms with Gasteiger partial charge in [0.05, 0.1) is 17.8 Å². The van der Waals surface area contributed by atoms with Gasteiger partial charge in [0.1, 0.15) is 0 Å². The number of nitrogens with zero attached hydrogens (tertiary/aromatic N) is 3. The molecule has 3 rings (SSSR count). The quantitative estimate of drug-likeness (QED) is 0.708. The molecule has 18 heavy (non-hydrogen) atoms. The number of sulfonamides is 1. The van der Waals surface area contributed by atoms with Gasteiger partial charge < -0.3 is 0 Å². The predicted molar refractivity (Wildman–Crippen MR) is 64.8 cm³/mol. The third-order valence-corrected chi connectivity index (χ3v) is 4.75. The average molecular weight is 263 g/mol. The molecule has 1 aromatic rings. The molecule has 0 atom stereocenters. The Labute approximate surface area is 104 Å². The maximum Gasteiger partial charge on any atom is 0.283 e. The Morgan fingerprint density at radius 1 is 1.28 bits per heavy atom. The van der Waals surface area contributed by atoms with Gasteiger partial charge in [0.15, 0.2) is 5.78 Å². The topological polar surface area (TPSA) is 79.2 Å². The lowest BCUT2D eigenvalue weighted by atomic mass is 10.0. The summed E-state index contributed by atoms with van der Waals surface area (Å²) in [6, 6.07) is 6.60. The van der Waals surface area contributed by atoms with Gasteiger partial charge in [-0.3, -0.25) is 9.10 Å². The number of para-hydroxylation sites is 1. The number of benzene rings is 1. The van der Waals surface area contributed by atoms with Crippen molar-refractivity contribution < 1.29 is 13.2 Å². The summed E-state index contributed by atoms with van der Waals surface area (Å²) < 4.78 is 25.6. The number of carbonyl (C=O) groups is 1. The first-order valence-corrected chi connectivity index (χ1v) is 6.71. The van der Waals surface area contributed by atoms with Crippen LogP contribution in [0.25, 0.3) is 0 Å². The molecule has 0 bridgehead atoms. The van der Waals surface area contributed by atoms with Gasteiger partial charge in [-0.05, 0) is 12.1 Å². The largest absolute Gasteiger partial charge is 0.289 e. The number of Topliss-reactive ketones (excluding diaryl/α,β-unsaturated/α-hetero) is 1. The van der Waals surface area contributed by atoms with E-state index in [1.54, 1.807) is 24.3 Å². The Morgan fingerprint density at radius 3 is 2.78 bits per heavy atom. The first kappa shape index (κ1) is 11.1. The number of ketones is 1. The molecule has 0 N–H and O–H groups in total.